The molecular formula is C12H28N2O. The molecule has 1 N–H and O–H groups in total. The normalized spacial score (nSPS) is 13.8. The van der Waals surface area contributed by atoms with E-state index in [1.807, 2.05) is 0 Å². The molecule has 0 bridgehead atoms. The third-order valence-electron chi connectivity index (χ3n) is 2.55. The molecule has 0 aliphatic rings. The van der Waals surface area contributed by atoms with Crippen molar-refractivity contribution in [1.29, 1.82) is 0 Å². The zero-order valence-electron chi connectivity index (χ0n) is 11.0. The van der Waals surface area contributed by atoms with Gasteiger partial charge in [0.15, 0.2) is 0 Å². The molecule has 0 aliphatic carbocycles. The first kappa shape index (κ1) is 14.9. The molecule has 0 amide bonds. The average Bonchev–Trinajstić information content (AvgIpc) is 2.16. The minimum Gasteiger partial charge on any atom is -0.385 e. The summed E-state index contributed by atoms with van der Waals surface area (Å²) in [6, 6.07) is 0.606. The Morgan fingerprint density at radius 3 is 2.47 bits per heavy atom. The van der Waals surface area contributed by atoms with Crippen LogP contribution in [0.1, 0.15) is 27.2 Å². The van der Waals surface area contributed by atoms with Crippen LogP contribution in [0.25, 0.3) is 0 Å². The molecule has 0 rings (SSSR count). The number of nitrogens with one attached hydrogen (secondary N) is 1. The van der Waals surface area contributed by atoms with Gasteiger partial charge in [0.05, 0.1) is 0 Å². The first-order valence-electron chi connectivity index (χ1n) is 5.97. The van der Waals surface area contributed by atoms with Gasteiger partial charge in [-0.15, -0.1) is 0 Å². The van der Waals surface area contributed by atoms with Crippen molar-refractivity contribution in [3.63, 3.8) is 0 Å². The quantitative estimate of drug-likeness (QED) is 0.592. The monoisotopic (exact) mass is 216 g/mol. The molecule has 0 radical (unpaired) electrons. The Kier molecular flexibility index (Phi) is 9.06. The second kappa shape index (κ2) is 9.13. The van der Waals surface area contributed by atoms with Crippen molar-refractivity contribution in [2.24, 2.45) is 5.92 Å². The summed E-state index contributed by atoms with van der Waals surface area (Å²) in [5.74, 6) is 0.742. The molecule has 3 heteroatoms. The van der Waals surface area contributed by atoms with Gasteiger partial charge in [-0.1, -0.05) is 13.8 Å². The van der Waals surface area contributed by atoms with E-state index < -0.39 is 0 Å². The highest BCUT2D eigenvalue weighted by Crippen LogP contribution is 2.00. The predicted molar refractivity (Wildman–Crippen MR) is 66.3 cm³/mol. The van der Waals surface area contributed by atoms with E-state index in [2.05, 4.69) is 38.0 Å². The van der Waals surface area contributed by atoms with Gasteiger partial charge in [-0.25, -0.2) is 0 Å². The standard InChI is InChI=1S/C12H28N2O/c1-11(2)10-14(4)12(3)9-13-7-6-8-15-5/h11-13H,6-10H2,1-5H3. The van der Waals surface area contributed by atoms with Crippen molar-refractivity contribution < 1.29 is 4.74 Å². The van der Waals surface area contributed by atoms with Crippen molar-refractivity contribution in [3.8, 4) is 0 Å². The Morgan fingerprint density at radius 2 is 1.93 bits per heavy atom. The summed E-state index contributed by atoms with van der Waals surface area (Å²) < 4.78 is 5.00. The van der Waals surface area contributed by atoms with Gasteiger partial charge >= 0.3 is 0 Å². The van der Waals surface area contributed by atoms with E-state index in [-0.39, 0.29) is 0 Å². The summed E-state index contributed by atoms with van der Waals surface area (Å²) in [4.78, 5) is 2.41. The summed E-state index contributed by atoms with van der Waals surface area (Å²) >= 11 is 0. The van der Waals surface area contributed by atoms with Crippen LogP contribution >= 0.6 is 0 Å². The fraction of sp³-hybridized carbons (Fsp3) is 1.00. The van der Waals surface area contributed by atoms with Crippen molar-refractivity contribution in [3.05, 3.63) is 0 Å². The fourth-order valence-corrected chi connectivity index (χ4v) is 1.56. The van der Waals surface area contributed by atoms with Crippen molar-refractivity contribution >= 4 is 0 Å². The topological polar surface area (TPSA) is 24.5 Å². The molecular weight excluding hydrogens is 188 g/mol. The fourth-order valence-electron chi connectivity index (χ4n) is 1.56. The summed E-state index contributed by atoms with van der Waals surface area (Å²) in [6.07, 6.45) is 1.09. The van der Waals surface area contributed by atoms with Crippen LogP contribution in [-0.2, 0) is 4.74 Å². The van der Waals surface area contributed by atoms with Gasteiger partial charge in [-0.05, 0) is 32.9 Å². The minimum absolute atomic E-state index is 0.606. The summed E-state index contributed by atoms with van der Waals surface area (Å²) in [5, 5.41) is 3.45. The van der Waals surface area contributed by atoms with Crippen LogP contribution in [-0.4, -0.2) is 51.3 Å². The maximum Gasteiger partial charge on any atom is 0.0474 e. The Labute approximate surface area is 95.2 Å². The lowest BCUT2D eigenvalue weighted by molar-refractivity contribution is 0.190. The van der Waals surface area contributed by atoms with E-state index in [9.17, 15) is 0 Å². The zero-order chi connectivity index (χ0) is 11.7. The molecule has 3 nitrogen and oxygen atoms in total. The maximum absolute atomic E-state index is 5.00. The molecule has 0 spiro atoms. The summed E-state index contributed by atoms with van der Waals surface area (Å²) in [7, 11) is 3.94. The molecule has 0 heterocycles. The predicted octanol–water partition coefficient (Wildman–Crippen LogP) is 1.59. The van der Waals surface area contributed by atoms with Crippen LogP contribution in [0, 0.1) is 5.92 Å². The largest absolute Gasteiger partial charge is 0.385 e. The van der Waals surface area contributed by atoms with E-state index in [1.54, 1.807) is 7.11 Å². The van der Waals surface area contributed by atoms with E-state index in [1.165, 1.54) is 6.54 Å². The van der Waals surface area contributed by atoms with Crippen LogP contribution in [0.15, 0.2) is 0 Å². The molecule has 1 atom stereocenters. The molecule has 1 unspecified atom stereocenters. The third kappa shape index (κ3) is 8.85. The Balaban J connectivity index is 3.42. The Hall–Kier alpha value is -0.120. The van der Waals surface area contributed by atoms with Gasteiger partial charge in [0, 0.05) is 32.8 Å². The SMILES string of the molecule is COCCCNCC(C)N(C)CC(C)C. The van der Waals surface area contributed by atoms with Crippen LogP contribution in [0.5, 0.6) is 0 Å². The zero-order valence-corrected chi connectivity index (χ0v) is 11.0. The lowest BCUT2D eigenvalue weighted by atomic mass is 10.2. The lowest BCUT2D eigenvalue weighted by Gasteiger charge is -2.26. The second-order valence-corrected chi connectivity index (χ2v) is 4.73. The van der Waals surface area contributed by atoms with E-state index in [0.29, 0.717) is 6.04 Å². The lowest BCUT2D eigenvalue weighted by Crippen LogP contribution is -2.40. The maximum atomic E-state index is 5.00. The number of hydrogen-bond donors (Lipinski definition) is 1. The summed E-state index contributed by atoms with van der Waals surface area (Å²) in [6.45, 7) is 10.9. The number of likely N-dealkylation sites (N-methyl/N-ethyl adjacent to an activating group) is 1. The molecule has 0 saturated heterocycles. The van der Waals surface area contributed by atoms with Crippen molar-refractivity contribution in [2.45, 2.75) is 33.2 Å². The Bertz CT molecular complexity index is 140. The van der Waals surface area contributed by atoms with E-state index >= 15 is 0 Å². The van der Waals surface area contributed by atoms with Gasteiger partial charge in [-0.3, -0.25) is 0 Å². The second-order valence-electron chi connectivity index (χ2n) is 4.73. The molecule has 92 valence electrons. The van der Waals surface area contributed by atoms with Crippen LogP contribution < -0.4 is 5.32 Å². The molecule has 0 aliphatic heterocycles. The average molecular weight is 216 g/mol. The van der Waals surface area contributed by atoms with Gasteiger partial charge in [0.1, 0.15) is 0 Å². The molecule has 15 heavy (non-hydrogen) atoms. The highest BCUT2D eigenvalue weighted by Gasteiger charge is 2.09. The van der Waals surface area contributed by atoms with Gasteiger partial charge < -0.3 is 15.0 Å². The molecule has 0 saturated carbocycles. The number of rotatable bonds is 9. The molecule has 0 aromatic heterocycles. The van der Waals surface area contributed by atoms with Crippen molar-refractivity contribution in [2.75, 3.05) is 40.4 Å². The first-order chi connectivity index (χ1) is 7.07. The summed E-state index contributed by atoms with van der Waals surface area (Å²) in [5.41, 5.74) is 0. The highest BCUT2D eigenvalue weighted by molar-refractivity contribution is 4.67. The number of nitrogens with zero attached hydrogens (tertiary/aromatic N) is 1. The Morgan fingerprint density at radius 1 is 1.27 bits per heavy atom. The van der Waals surface area contributed by atoms with Crippen LogP contribution in [0.4, 0.5) is 0 Å². The smallest absolute Gasteiger partial charge is 0.0474 e. The molecule has 0 aromatic rings. The van der Waals surface area contributed by atoms with Gasteiger partial charge in [0.25, 0.3) is 0 Å². The van der Waals surface area contributed by atoms with Crippen LogP contribution in [0.3, 0.4) is 0 Å². The molecule has 0 aromatic carbocycles. The van der Waals surface area contributed by atoms with Gasteiger partial charge in [-0.2, -0.15) is 0 Å². The number of hydrogen-bond acceptors (Lipinski definition) is 3. The highest BCUT2D eigenvalue weighted by atomic mass is 16.5. The number of ether oxygens (including phenoxy) is 1. The van der Waals surface area contributed by atoms with E-state index in [4.69, 9.17) is 4.74 Å². The van der Waals surface area contributed by atoms with Crippen LogP contribution in [0.2, 0.25) is 0 Å². The number of methoxy groups -OCH3 is 1. The first-order valence-corrected chi connectivity index (χ1v) is 5.97. The minimum atomic E-state index is 0.606. The molecule has 0 fully saturated rings. The van der Waals surface area contributed by atoms with Crippen molar-refractivity contribution in [1.82, 2.24) is 10.2 Å². The van der Waals surface area contributed by atoms with E-state index in [0.717, 1.165) is 32.0 Å². The van der Waals surface area contributed by atoms with Gasteiger partial charge in [0.2, 0.25) is 0 Å². The third-order valence-corrected chi connectivity index (χ3v) is 2.55.